The molecule has 33 heavy (non-hydrogen) atoms. The summed E-state index contributed by atoms with van der Waals surface area (Å²) in [6.07, 6.45) is 0. The molecule has 0 unspecified atom stereocenters. The minimum Gasteiger partial charge on any atom is -0.451 e. The van der Waals surface area contributed by atoms with E-state index in [-0.39, 0.29) is 17.8 Å². The Morgan fingerprint density at radius 3 is 2.33 bits per heavy atom. The zero-order valence-electron chi connectivity index (χ0n) is 18.9. The van der Waals surface area contributed by atoms with Crippen LogP contribution in [0.1, 0.15) is 38.9 Å². The molecule has 4 aromatic rings. The molecule has 0 N–H and O–H groups in total. The molecule has 5 rings (SSSR count). The van der Waals surface area contributed by atoms with E-state index in [0.29, 0.717) is 35.4 Å². The predicted octanol–water partition coefficient (Wildman–Crippen LogP) is 5.74. The number of furan rings is 1. The largest absolute Gasteiger partial charge is 0.451 e. The molecule has 0 bridgehead atoms. The van der Waals surface area contributed by atoms with Gasteiger partial charge in [-0.05, 0) is 48.7 Å². The summed E-state index contributed by atoms with van der Waals surface area (Å²) in [5.74, 6) is -0.152. The molecule has 3 aromatic carbocycles. The molecule has 2 heterocycles. The maximum Gasteiger partial charge on any atom is 0.289 e. The van der Waals surface area contributed by atoms with E-state index in [2.05, 4.69) is 60.4 Å². The topological polar surface area (TPSA) is 36.7 Å². The van der Waals surface area contributed by atoms with Gasteiger partial charge in [0.1, 0.15) is 11.4 Å². The first-order valence-corrected chi connectivity index (χ1v) is 11.4. The molecule has 0 saturated carbocycles. The molecule has 1 atom stereocenters. The molecular formula is C28H27FN2O2. The summed E-state index contributed by atoms with van der Waals surface area (Å²) in [5.41, 5.74) is 5.04. The van der Waals surface area contributed by atoms with Crippen LogP contribution in [0.25, 0.3) is 11.0 Å². The standard InChI is InChI=1S/C28H27FN2O2/c1-19-8-6-7-11-23(19)26(21-9-4-3-5-10-21)30-14-16-31(17-15-30)28(32)27-20(2)24-18-22(29)12-13-25(24)33-27/h3-13,18,26H,14-17H2,1-2H3/t26-/m1/s1. The fraction of sp³-hybridized carbons (Fsp3) is 0.250. The summed E-state index contributed by atoms with van der Waals surface area (Å²) < 4.78 is 19.5. The highest BCUT2D eigenvalue weighted by Crippen LogP contribution is 2.32. The van der Waals surface area contributed by atoms with Gasteiger partial charge in [0.2, 0.25) is 0 Å². The number of aryl methyl sites for hydroxylation is 2. The van der Waals surface area contributed by atoms with Gasteiger partial charge < -0.3 is 9.32 Å². The summed E-state index contributed by atoms with van der Waals surface area (Å²) in [6, 6.07) is 23.5. The summed E-state index contributed by atoms with van der Waals surface area (Å²) in [7, 11) is 0. The molecule has 1 fully saturated rings. The second kappa shape index (κ2) is 8.83. The summed E-state index contributed by atoms with van der Waals surface area (Å²) in [5, 5.41) is 0.653. The van der Waals surface area contributed by atoms with Crippen molar-refractivity contribution < 1.29 is 13.6 Å². The van der Waals surface area contributed by atoms with E-state index in [9.17, 15) is 9.18 Å². The highest BCUT2D eigenvalue weighted by Gasteiger charge is 2.31. The molecule has 0 radical (unpaired) electrons. The Balaban J connectivity index is 1.38. The quantitative estimate of drug-likeness (QED) is 0.405. The van der Waals surface area contributed by atoms with Crippen LogP contribution in [-0.2, 0) is 0 Å². The Kier molecular flexibility index (Phi) is 5.73. The Morgan fingerprint density at radius 2 is 1.61 bits per heavy atom. The van der Waals surface area contributed by atoms with Gasteiger partial charge in [-0.25, -0.2) is 4.39 Å². The summed E-state index contributed by atoms with van der Waals surface area (Å²) in [4.78, 5) is 17.6. The molecule has 1 aliphatic heterocycles. The van der Waals surface area contributed by atoms with Crippen molar-refractivity contribution in [3.63, 3.8) is 0 Å². The van der Waals surface area contributed by atoms with Gasteiger partial charge in [-0.2, -0.15) is 0 Å². The van der Waals surface area contributed by atoms with Crippen molar-refractivity contribution in [2.24, 2.45) is 0 Å². The lowest BCUT2D eigenvalue weighted by Gasteiger charge is -2.40. The van der Waals surface area contributed by atoms with Gasteiger partial charge in [-0.15, -0.1) is 0 Å². The number of benzene rings is 3. The van der Waals surface area contributed by atoms with Crippen LogP contribution in [0.5, 0.6) is 0 Å². The second-order valence-electron chi connectivity index (χ2n) is 8.69. The van der Waals surface area contributed by atoms with Gasteiger partial charge in [-0.1, -0.05) is 54.6 Å². The fourth-order valence-electron chi connectivity index (χ4n) is 4.84. The van der Waals surface area contributed by atoms with Crippen molar-refractivity contribution in [2.75, 3.05) is 26.2 Å². The van der Waals surface area contributed by atoms with Gasteiger partial charge in [0.15, 0.2) is 5.76 Å². The average Bonchev–Trinajstić information content (AvgIpc) is 3.17. The third-order valence-electron chi connectivity index (χ3n) is 6.66. The van der Waals surface area contributed by atoms with Gasteiger partial charge >= 0.3 is 0 Å². The summed E-state index contributed by atoms with van der Waals surface area (Å²) in [6.45, 7) is 6.70. The first-order valence-electron chi connectivity index (χ1n) is 11.4. The number of carbonyl (C=O) groups is 1. The minimum atomic E-state index is -0.331. The average molecular weight is 443 g/mol. The van der Waals surface area contributed by atoms with Crippen molar-refractivity contribution in [1.29, 1.82) is 0 Å². The van der Waals surface area contributed by atoms with Gasteiger partial charge in [-0.3, -0.25) is 9.69 Å². The number of nitrogens with zero attached hydrogens (tertiary/aromatic N) is 2. The molecule has 5 heteroatoms. The van der Waals surface area contributed by atoms with Crippen LogP contribution >= 0.6 is 0 Å². The van der Waals surface area contributed by atoms with Crippen LogP contribution in [0.15, 0.2) is 77.2 Å². The number of carbonyl (C=O) groups excluding carboxylic acids is 1. The van der Waals surface area contributed by atoms with E-state index >= 15 is 0 Å². The molecule has 0 aliphatic carbocycles. The highest BCUT2D eigenvalue weighted by atomic mass is 19.1. The van der Waals surface area contributed by atoms with Crippen LogP contribution in [-0.4, -0.2) is 41.9 Å². The Morgan fingerprint density at radius 1 is 0.909 bits per heavy atom. The zero-order chi connectivity index (χ0) is 22.9. The number of hydrogen-bond acceptors (Lipinski definition) is 3. The lowest BCUT2D eigenvalue weighted by molar-refractivity contribution is 0.0568. The number of hydrogen-bond donors (Lipinski definition) is 0. The van der Waals surface area contributed by atoms with E-state index in [4.69, 9.17) is 4.42 Å². The lowest BCUT2D eigenvalue weighted by Crippen LogP contribution is -2.50. The molecule has 168 valence electrons. The third-order valence-corrected chi connectivity index (χ3v) is 6.66. The minimum absolute atomic E-state index is 0.129. The van der Waals surface area contributed by atoms with E-state index in [1.165, 1.54) is 28.8 Å². The van der Waals surface area contributed by atoms with E-state index in [1.54, 1.807) is 6.07 Å². The third kappa shape index (κ3) is 4.05. The predicted molar refractivity (Wildman–Crippen MR) is 128 cm³/mol. The van der Waals surface area contributed by atoms with Gasteiger partial charge in [0, 0.05) is 37.1 Å². The smallest absolute Gasteiger partial charge is 0.289 e. The van der Waals surface area contributed by atoms with E-state index in [1.807, 2.05) is 17.9 Å². The molecule has 1 aliphatic rings. The molecule has 1 aromatic heterocycles. The molecule has 0 spiro atoms. The molecule has 1 saturated heterocycles. The maximum atomic E-state index is 13.7. The van der Waals surface area contributed by atoms with Crippen molar-refractivity contribution in [2.45, 2.75) is 19.9 Å². The van der Waals surface area contributed by atoms with Crippen LogP contribution in [0, 0.1) is 19.7 Å². The lowest BCUT2D eigenvalue weighted by atomic mass is 9.93. The van der Waals surface area contributed by atoms with Crippen molar-refractivity contribution in [3.05, 3.63) is 107 Å². The number of halogens is 1. The Labute approximate surface area is 193 Å². The van der Waals surface area contributed by atoms with Crippen LogP contribution < -0.4 is 0 Å². The van der Waals surface area contributed by atoms with Crippen molar-refractivity contribution in [1.82, 2.24) is 9.80 Å². The monoisotopic (exact) mass is 442 g/mol. The first kappa shape index (κ1) is 21.4. The van der Waals surface area contributed by atoms with E-state index in [0.717, 1.165) is 13.1 Å². The van der Waals surface area contributed by atoms with Gasteiger partial charge in [0.25, 0.3) is 5.91 Å². The Hall–Kier alpha value is -3.44. The van der Waals surface area contributed by atoms with Crippen molar-refractivity contribution >= 4 is 16.9 Å². The van der Waals surface area contributed by atoms with Crippen molar-refractivity contribution in [3.8, 4) is 0 Å². The maximum absolute atomic E-state index is 13.7. The second-order valence-corrected chi connectivity index (χ2v) is 8.69. The number of rotatable bonds is 4. The number of amides is 1. The highest BCUT2D eigenvalue weighted by molar-refractivity contribution is 5.99. The normalized spacial score (nSPS) is 15.7. The van der Waals surface area contributed by atoms with Crippen LogP contribution in [0.4, 0.5) is 4.39 Å². The molecule has 1 amide bonds. The molecular weight excluding hydrogens is 415 g/mol. The zero-order valence-corrected chi connectivity index (χ0v) is 18.9. The van der Waals surface area contributed by atoms with Crippen LogP contribution in [0.2, 0.25) is 0 Å². The number of fused-ring (bicyclic) bond motifs is 1. The van der Waals surface area contributed by atoms with Crippen LogP contribution in [0.3, 0.4) is 0 Å². The Bertz CT molecular complexity index is 1290. The first-order chi connectivity index (χ1) is 16.0. The number of piperazine rings is 1. The van der Waals surface area contributed by atoms with E-state index < -0.39 is 0 Å². The summed E-state index contributed by atoms with van der Waals surface area (Å²) >= 11 is 0. The fourth-order valence-corrected chi connectivity index (χ4v) is 4.84. The molecule has 4 nitrogen and oxygen atoms in total. The van der Waals surface area contributed by atoms with Gasteiger partial charge in [0.05, 0.1) is 6.04 Å². The SMILES string of the molecule is Cc1ccccc1[C@@H](c1ccccc1)N1CCN(C(=O)c2oc3ccc(F)cc3c2C)CC1.